The van der Waals surface area contributed by atoms with Gasteiger partial charge in [0, 0.05) is 34.0 Å². The van der Waals surface area contributed by atoms with Gasteiger partial charge in [0.2, 0.25) is 0 Å². The summed E-state index contributed by atoms with van der Waals surface area (Å²) >= 11 is 1.73. The van der Waals surface area contributed by atoms with Crippen molar-refractivity contribution in [3.8, 4) is 5.75 Å². The minimum absolute atomic E-state index is 0.0519. The third-order valence-corrected chi connectivity index (χ3v) is 6.88. The van der Waals surface area contributed by atoms with E-state index in [9.17, 15) is 4.79 Å². The number of ketones is 1. The number of ether oxygens (including phenoxy) is 1. The Morgan fingerprint density at radius 1 is 0.968 bits per heavy atom. The molecule has 4 nitrogen and oxygen atoms in total. The molecule has 31 heavy (non-hydrogen) atoms. The van der Waals surface area contributed by atoms with Gasteiger partial charge in [0.25, 0.3) is 0 Å². The molecular formula is C26H26N2O2S. The minimum atomic E-state index is -0.266. The lowest BCUT2D eigenvalue weighted by Crippen LogP contribution is -2.27. The highest BCUT2D eigenvalue weighted by Gasteiger charge is 2.37. The van der Waals surface area contributed by atoms with Crippen LogP contribution in [0.25, 0.3) is 0 Å². The molecule has 5 rings (SSSR count). The maximum atomic E-state index is 13.6. The number of anilines is 2. The SMILES string of the molecule is CC(C)Oc1ccccc1[C@H]1Nc2ccccc2NC2=C1C(=O)C[C@H](c1cccs1)C2. The number of thiophene rings is 1. The summed E-state index contributed by atoms with van der Waals surface area (Å²) in [5.74, 6) is 1.22. The summed E-state index contributed by atoms with van der Waals surface area (Å²) in [6, 6.07) is 20.1. The molecule has 1 aliphatic carbocycles. The van der Waals surface area contributed by atoms with Crippen molar-refractivity contribution in [2.24, 2.45) is 0 Å². The van der Waals surface area contributed by atoms with Crippen LogP contribution in [0.4, 0.5) is 11.4 Å². The van der Waals surface area contributed by atoms with Gasteiger partial charge in [0.15, 0.2) is 5.78 Å². The lowest BCUT2D eigenvalue weighted by atomic mass is 9.80. The van der Waals surface area contributed by atoms with Gasteiger partial charge in [-0.2, -0.15) is 0 Å². The van der Waals surface area contributed by atoms with Gasteiger partial charge >= 0.3 is 0 Å². The Hall–Kier alpha value is -3.05. The minimum Gasteiger partial charge on any atom is -0.491 e. The Morgan fingerprint density at radius 3 is 2.52 bits per heavy atom. The van der Waals surface area contributed by atoms with Crippen LogP contribution in [-0.4, -0.2) is 11.9 Å². The van der Waals surface area contributed by atoms with Gasteiger partial charge in [0.05, 0.1) is 23.5 Å². The Bertz CT molecular complexity index is 1130. The number of Topliss-reactive ketones (excluding diaryl/α,β-unsaturated/α-hetero) is 1. The molecule has 2 aliphatic rings. The van der Waals surface area contributed by atoms with Gasteiger partial charge in [-0.25, -0.2) is 0 Å². The van der Waals surface area contributed by atoms with E-state index < -0.39 is 0 Å². The Balaban J connectivity index is 1.64. The van der Waals surface area contributed by atoms with Crippen molar-refractivity contribution < 1.29 is 9.53 Å². The van der Waals surface area contributed by atoms with Crippen molar-refractivity contribution in [1.82, 2.24) is 0 Å². The Morgan fingerprint density at radius 2 is 1.74 bits per heavy atom. The first kappa shape index (κ1) is 19.9. The highest BCUT2D eigenvalue weighted by atomic mass is 32.1. The number of hydrogen-bond donors (Lipinski definition) is 2. The molecule has 0 bridgehead atoms. The molecule has 1 aliphatic heterocycles. The molecule has 0 saturated carbocycles. The molecule has 0 radical (unpaired) electrons. The van der Waals surface area contributed by atoms with Gasteiger partial charge < -0.3 is 15.4 Å². The van der Waals surface area contributed by atoms with E-state index in [1.165, 1.54) is 4.88 Å². The molecule has 1 aromatic heterocycles. The second kappa shape index (κ2) is 8.23. The van der Waals surface area contributed by atoms with Crippen LogP contribution in [0.3, 0.4) is 0 Å². The van der Waals surface area contributed by atoms with Crippen molar-refractivity contribution >= 4 is 28.5 Å². The van der Waals surface area contributed by atoms with Crippen LogP contribution < -0.4 is 15.4 Å². The predicted octanol–water partition coefficient (Wildman–Crippen LogP) is 6.51. The molecule has 3 aromatic rings. The monoisotopic (exact) mass is 430 g/mol. The number of hydrogen-bond acceptors (Lipinski definition) is 5. The molecule has 0 amide bonds. The smallest absolute Gasteiger partial charge is 0.163 e. The summed E-state index contributed by atoms with van der Waals surface area (Å²) in [6.45, 7) is 4.05. The third-order valence-electron chi connectivity index (χ3n) is 5.85. The topological polar surface area (TPSA) is 50.4 Å². The quantitative estimate of drug-likeness (QED) is 0.495. The number of rotatable bonds is 4. The average molecular weight is 431 g/mol. The molecule has 2 heterocycles. The molecule has 2 aromatic carbocycles. The fourth-order valence-electron chi connectivity index (χ4n) is 4.53. The van der Waals surface area contributed by atoms with E-state index in [-0.39, 0.29) is 23.8 Å². The van der Waals surface area contributed by atoms with E-state index >= 15 is 0 Å². The Kier molecular flexibility index (Phi) is 5.28. The van der Waals surface area contributed by atoms with Gasteiger partial charge in [-0.15, -0.1) is 11.3 Å². The van der Waals surface area contributed by atoms with Crippen LogP contribution >= 0.6 is 11.3 Å². The number of fused-ring (bicyclic) bond motifs is 1. The predicted molar refractivity (Wildman–Crippen MR) is 127 cm³/mol. The number of nitrogens with one attached hydrogen (secondary N) is 2. The van der Waals surface area contributed by atoms with E-state index in [4.69, 9.17) is 4.74 Å². The number of carbonyl (C=O) groups is 1. The zero-order chi connectivity index (χ0) is 21.4. The third kappa shape index (κ3) is 3.86. The summed E-state index contributed by atoms with van der Waals surface area (Å²) in [7, 11) is 0. The van der Waals surface area contributed by atoms with E-state index in [2.05, 4.69) is 46.3 Å². The lowest BCUT2D eigenvalue weighted by molar-refractivity contribution is -0.116. The maximum absolute atomic E-state index is 13.6. The van der Waals surface area contributed by atoms with Crippen molar-refractivity contribution in [3.63, 3.8) is 0 Å². The fraction of sp³-hybridized carbons (Fsp3) is 0.269. The summed E-state index contributed by atoms with van der Waals surface area (Å²) in [4.78, 5) is 14.9. The van der Waals surface area contributed by atoms with Crippen LogP contribution in [0.15, 0.2) is 77.3 Å². The van der Waals surface area contributed by atoms with Gasteiger partial charge in [-0.05, 0) is 49.9 Å². The fourth-order valence-corrected chi connectivity index (χ4v) is 5.36. The molecule has 0 unspecified atom stereocenters. The van der Waals surface area contributed by atoms with E-state index in [1.807, 2.05) is 44.2 Å². The van der Waals surface area contributed by atoms with Crippen LogP contribution in [-0.2, 0) is 4.79 Å². The molecular weight excluding hydrogens is 404 g/mol. The highest BCUT2D eigenvalue weighted by Crippen LogP contribution is 2.46. The normalized spacial score (nSPS) is 20.4. The van der Waals surface area contributed by atoms with Gasteiger partial charge in [0.1, 0.15) is 5.75 Å². The summed E-state index contributed by atoms with van der Waals surface area (Å²) in [6.07, 6.45) is 1.40. The van der Waals surface area contributed by atoms with Crippen molar-refractivity contribution in [2.45, 2.75) is 44.8 Å². The summed E-state index contributed by atoms with van der Waals surface area (Å²) in [5.41, 5.74) is 4.81. The first-order valence-electron chi connectivity index (χ1n) is 10.8. The van der Waals surface area contributed by atoms with Gasteiger partial charge in [-0.1, -0.05) is 36.4 Å². The number of para-hydroxylation sites is 3. The zero-order valence-corrected chi connectivity index (χ0v) is 18.5. The Labute approximate surface area is 187 Å². The second-order valence-corrected chi connectivity index (χ2v) is 9.37. The van der Waals surface area contributed by atoms with E-state index in [0.717, 1.165) is 40.4 Å². The zero-order valence-electron chi connectivity index (χ0n) is 17.7. The van der Waals surface area contributed by atoms with Crippen LogP contribution in [0.2, 0.25) is 0 Å². The van der Waals surface area contributed by atoms with E-state index in [0.29, 0.717) is 6.42 Å². The van der Waals surface area contributed by atoms with Gasteiger partial charge in [-0.3, -0.25) is 4.79 Å². The number of allylic oxidation sites excluding steroid dienone is 1. The average Bonchev–Trinajstić information content (AvgIpc) is 3.23. The number of carbonyl (C=O) groups excluding carboxylic acids is 1. The first-order chi connectivity index (χ1) is 15.1. The largest absolute Gasteiger partial charge is 0.491 e. The summed E-state index contributed by atoms with van der Waals surface area (Å²) < 4.78 is 6.13. The maximum Gasteiger partial charge on any atom is 0.163 e. The van der Waals surface area contributed by atoms with Crippen molar-refractivity contribution in [3.05, 3.63) is 87.8 Å². The molecule has 5 heteroatoms. The van der Waals surface area contributed by atoms with Crippen LogP contribution in [0.1, 0.15) is 49.1 Å². The lowest BCUT2D eigenvalue weighted by Gasteiger charge is -2.30. The molecule has 158 valence electrons. The summed E-state index contributed by atoms with van der Waals surface area (Å²) in [5, 5.41) is 9.34. The number of benzene rings is 2. The molecule has 2 atom stereocenters. The highest BCUT2D eigenvalue weighted by molar-refractivity contribution is 7.10. The molecule has 0 saturated heterocycles. The van der Waals surface area contributed by atoms with Crippen LogP contribution in [0.5, 0.6) is 5.75 Å². The second-order valence-electron chi connectivity index (χ2n) is 8.39. The molecule has 0 fully saturated rings. The van der Waals surface area contributed by atoms with Crippen molar-refractivity contribution in [2.75, 3.05) is 10.6 Å². The van der Waals surface area contributed by atoms with Crippen molar-refractivity contribution in [1.29, 1.82) is 0 Å². The van der Waals surface area contributed by atoms with Crippen LogP contribution in [0, 0.1) is 0 Å². The molecule has 2 N–H and O–H groups in total. The standard InChI is InChI=1S/C26H26N2O2S/c1-16(2)30-23-11-6-3-8-18(23)26-25-21(27-19-9-4-5-10-20(19)28-26)14-17(15-22(25)29)24-12-7-13-31-24/h3-13,16-17,26-28H,14-15H2,1-2H3/t17-,26-/m1/s1. The first-order valence-corrected chi connectivity index (χ1v) is 11.7. The molecule has 0 spiro atoms. The van der Waals surface area contributed by atoms with E-state index in [1.54, 1.807) is 11.3 Å².